The van der Waals surface area contributed by atoms with E-state index >= 15 is 0 Å². The number of pyridine rings is 1. The summed E-state index contributed by atoms with van der Waals surface area (Å²) in [6, 6.07) is 5.78. The molecule has 11 heteroatoms. The van der Waals surface area contributed by atoms with Gasteiger partial charge in [0.15, 0.2) is 0 Å². The molecule has 2 saturated carbocycles. The third-order valence-corrected chi connectivity index (χ3v) is 11.3. The van der Waals surface area contributed by atoms with Crippen molar-refractivity contribution >= 4 is 40.0 Å². The Hall–Kier alpha value is -3.73. The maximum Gasteiger partial charge on any atom is 0.332 e. The van der Waals surface area contributed by atoms with Crippen LogP contribution in [0.4, 0.5) is 0 Å². The van der Waals surface area contributed by atoms with Crippen LogP contribution in [0.2, 0.25) is 0 Å². The fourth-order valence-corrected chi connectivity index (χ4v) is 8.44. The molecule has 1 N–H and O–H groups in total. The molecule has 0 radical (unpaired) electrons. The van der Waals surface area contributed by atoms with Crippen molar-refractivity contribution in [2.45, 2.75) is 96.6 Å². The van der Waals surface area contributed by atoms with E-state index in [1.54, 1.807) is 30.3 Å². The fourth-order valence-electron chi connectivity index (χ4n) is 7.50. The van der Waals surface area contributed by atoms with Gasteiger partial charge in [0.25, 0.3) is 0 Å². The Morgan fingerprint density at radius 1 is 1.10 bits per heavy atom. The van der Waals surface area contributed by atoms with E-state index in [9.17, 15) is 14.4 Å². The molecule has 2 aliphatic carbocycles. The fraction of sp³-hybridized carbons (Fsp3) is 0.595. The van der Waals surface area contributed by atoms with Gasteiger partial charge in [0.1, 0.15) is 33.8 Å². The van der Waals surface area contributed by atoms with Gasteiger partial charge in [-0.3, -0.25) is 9.59 Å². The van der Waals surface area contributed by atoms with Crippen LogP contribution >= 0.6 is 11.3 Å². The van der Waals surface area contributed by atoms with E-state index in [2.05, 4.69) is 24.5 Å². The second kappa shape index (κ2) is 14.0. The van der Waals surface area contributed by atoms with Crippen LogP contribution in [0.15, 0.2) is 23.6 Å². The van der Waals surface area contributed by atoms with Gasteiger partial charge in [0, 0.05) is 36.0 Å². The molecule has 6 rings (SSSR count). The molecule has 2 amide bonds. The Labute approximate surface area is 286 Å². The van der Waals surface area contributed by atoms with Crippen LogP contribution in [-0.2, 0) is 19.1 Å². The van der Waals surface area contributed by atoms with Crippen LogP contribution in [0.5, 0.6) is 11.5 Å². The first kappa shape index (κ1) is 34.1. The van der Waals surface area contributed by atoms with Crippen LogP contribution in [0.3, 0.4) is 0 Å². The van der Waals surface area contributed by atoms with E-state index in [0.717, 1.165) is 65.0 Å². The summed E-state index contributed by atoms with van der Waals surface area (Å²) in [5.74, 6) is -0.208. The smallest absolute Gasteiger partial charge is 0.332 e. The number of benzene rings is 1. The molecule has 1 saturated heterocycles. The minimum atomic E-state index is -1.01. The third-order valence-electron chi connectivity index (χ3n) is 10.4. The number of methoxy groups -OCH3 is 1. The number of nitrogens with one attached hydrogen (secondary N) is 1. The number of aromatic nitrogens is 2. The van der Waals surface area contributed by atoms with Gasteiger partial charge in [-0.25, -0.2) is 14.8 Å². The van der Waals surface area contributed by atoms with Crippen LogP contribution in [-0.4, -0.2) is 71.6 Å². The Kier molecular flexibility index (Phi) is 9.97. The molecule has 48 heavy (non-hydrogen) atoms. The number of thiazole rings is 1. The Morgan fingerprint density at radius 3 is 2.60 bits per heavy atom. The summed E-state index contributed by atoms with van der Waals surface area (Å²) in [4.78, 5) is 52.9. The molecule has 3 aromatic rings. The van der Waals surface area contributed by atoms with E-state index in [4.69, 9.17) is 24.2 Å². The molecule has 1 aliphatic heterocycles. The zero-order valence-corrected chi connectivity index (χ0v) is 29.8. The van der Waals surface area contributed by atoms with Crippen molar-refractivity contribution in [3.05, 3.63) is 34.8 Å². The maximum absolute atomic E-state index is 14.1. The predicted octanol–water partition coefficient (Wildman–Crippen LogP) is 6.43. The van der Waals surface area contributed by atoms with Crippen molar-refractivity contribution in [2.75, 3.05) is 27.3 Å². The summed E-state index contributed by atoms with van der Waals surface area (Å²) in [5.41, 5.74) is 2.34. The van der Waals surface area contributed by atoms with E-state index in [1.807, 2.05) is 32.2 Å². The molecular weight excluding hydrogens is 628 g/mol. The number of hydrogen-bond acceptors (Lipinski definition) is 9. The number of carbonyl (C=O) groups is 3. The molecule has 3 fully saturated rings. The van der Waals surface area contributed by atoms with Crippen LogP contribution in [0.1, 0.15) is 89.3 Å². The molecule has 5 atom stereocenters. The molecule has 2 aromatic heterocycles. The number of ether oxygens (including phenoxy) is 3. The molecule has 0 unspecified atom stereocenters. The average molecular weight is 677 g/mol. The molecule has 3 aliphatic rings. The number of amides is 2. The second-order valence-corrected chi connectivity index (χ2v) is 14.9. The maximum atomic E-state index is 14.1. The summed E-state index contributed by atoms with van der Waals surface area (Å²) in [6.45, 7) is 8.89. The SMILES string of the molecule is CCOC(=O)[C@@]12C[C@H]1CCCCCCN(C)C(=O)[C@@H]1C[C@H](Oc3cc(-c4nc(C(C)C)cs4)nc4c(C)c(OC)ccc34)C[C@H]1C(=O)N2. The van der Waals surface area contributed by atoms with E-state index in [-0.39, 0.29) is 36.2 Å². The van der Waals surface area contributed by atoms with Gasteiger partial charge in [-0.1, -0.05) is 33.1 Å². The average Bonchev–Trinajstić information content (AvgIpc) is 3.37. The van der Waals surface area contributed by atoms with Crippen molar-refractivity contribution in [1.29, 1.82) is 0 Å². The van der Waals surface area contributed by atoms with Gasteiger partial charge in [-0.05, 0) is 69.9 Å². The van der Waals surface area contributed by atoms with Gasteiger partial charge < -0.3 is 24.4 Å². The standard InChI is InChI=1S/C37H48N4O6S/c1-7-46-36(44)37-19-23(37)12-10-8-9-11-15-41(5)35(43)27-17-24(16-26(27)33(42)40-37)47-31-18-28(34-39-29(20-48-34)21(2)3)38-32-22(4)30(45-6)14-13-25(31)32/h13-14,18,20-21,23-24,26-27H,7-12,15-17,19H2,1-6H3,(H,40,42)/t23-,24-,26-,27-,37-/m1/s1. The molecule has 3 heterocycles. The van der Waals surface area contributed by atoms with E-state index < -0.39 is 23.5 Å². The summed E-state index contributed by atoms with van der Waals surface area (Å²) in [6.07, 6.45) is 5.71. The van der Waals surface area contributed by atoms with Gasteiger partial charge >= 0.3 is 5.97 Å². The highest BCUT2D eigenvalue weighted by atomic mass is 32.1. The first-order valence-electron chi connectivity index (χ1n) is 17.4. The van der Waals surface area contributed by atoms with Gasteiger partial charge in [-0.15, -0.1) is 11.3 Å². The zero-order valence-electron chi connectivity index (χ0n) is 29.0. The topological polar surface area (TPSA) is 120 Å². The highest BCUT2D eigenvalue weighted by Gasteiger charge is 2.62. The number of carbonyl (C=O) groups excluding carboxylic acids is 3. The largest absolute Gasteiger partial charge is 0.496 e. The molecule has 258 valence electrons. The highest BCUT2D eigenvalue weighted by molar-refractivity contribution is 7.13. The quantitative estimate of drug-likeness (QED) is 0.284. The normalized spacial score (nSPS) is 26.4. The Balaban J connectivity index is 1.34. The van der Waals surface area contributed by atoms with Gasteiger partial charge in [0.2, 0.25) is 11.8 Å². The summed E-state index contributed by atoms with van der Waals surface area (Å²) >= 11 is 1.55. The van der Waals surface area contributed by atoms with Crippen molar-refractivity contribution in [1.82, 2.24) is 20.2 Å². The first-order valence-corrected chi connectivity index (χ1v) is 18.3. The number of aryl methyl sites for hydroxylation is 1. The number of hydrogen-bond donors (Lipinski definition) is 1. The van der Waals surface area contributed by atoms with Gasteiger partial charge in [0.05, 0.1) is 36.8 Å². The Morgan fingerprint density at radius 2 is 1.88 bits per heavy atom. The van der Waals surface area contributed by atoms with E-state index in [1.165, 1.54) is 0 Å². The zero-order chi connectivity index (χ0) is 34.2. The Bertz CT molecular complexity index is 1690. The van der Waals surface area contributed by atoms with Crippen molar-refractivity contribution in [2.24, 2.45) is 17.8 Å². The number of rotatable bonds is 7. The molecule has 10 nitrogen and oxygen atoms in total. The van der Waals surface area contributed by atoms with Crippen LogP contribution < -0.4 is 14.8 Å². The molecule has 0 spiro atoms. The van der Waals surface area contributed by atoms with Crippen molar-refractivity contribution < 1.29 is 28.6 Å². The first-order chi connectivity index (χ1) is 23.1. The number of fused-ring (bicyclic) bond motifs is 3. The minimum absolute atomic E-state index is 0.0534. The lowest BCUT2D eigenvalue weighted by atomic mass is 9.92. The molecule has 0 bridgehead atoms. The summed E-state index contributed by atoms with van der Waals surface area (Å²) < 4.78 is 17.9. The third kappa shape index (κ3) is 6.62. The monoisotopic (exact) mass is 676 g/mol. The van der Waals surface area contributed by atoms with Crippen molar-refractivity contribution in [3.63, 3.8) is 0 Å². The minimum Gasteiger partial charge on any atom is -0.496 e. The van der Waals surface area contributed by atoms with Gasteiger partial charge in [-0.2, -0.15) is 0 Å². The summed E-state index contributed by atoms with van der Waals surface area (Å²) in [5, 5.41) is 6.80. The van der Waals surface area contributed by atoms with Crippen molar-refractivity contribution in [3.8, 4) is 22.2 Å². The lowest BCUT2D eigenvalue weighted by molar-refractivity contribution is -0.150. The molecule has 1 aromatic carbocycles. The lowest BCUT2D eigenvalue weighted by Gasteiger charge is -2.26. The summed E-state index contributed by atoms with van der Waals surface area (Å²) in [7, 11) is 3.47. The number of nitrogens with zero attached hydrogens (tertiary/aromatic N) is 3. The number of esters is 1. The lowest BCUT2D eigenvalue weighted by Crippen LogP contribution is -2.50. The predicted molar refractivity (Wildman–Crippen MR) is 185 cm³/mol. The van der Waals surface area contributed by atoms with Crippen LogP contribution in [0, 0.1) is 24.7 Å². The van der Waals surface area contributed by atoms with E-state index in [0.29, 0.717) is 37.3 Å². The second-order valence-electron chi connectivity index (χ2n) is 14.0. The molecular formula is C37H48N4O6S. The highest BCUT2D eigenvalue weighted by Crippen LogP contribution is 2.49. The van der Waals surface area contributed by atoms with Crippen LogP contribution in [0.25, 0.3) is 21.6 Å².